The number of fused-ring (bicyclic) bond motifs is 3. The molecule has 120 valence electrons. The van der Waals surface area contributed by atoms with Gasteiger partial charge in [0.15, 0.2) is 0 Å². The zero-order valence-corrected chi connectivity index (χ0v) is 13.7. The lowest BCUT2D eigenvalue weighted by Gasteiger charge is -2.21. The van der Waals surface area contributed by atoms with E-state index in [9.17, 15) is 4.79 Å². The minimum absolute atomic E-state index is 0.0140. The van der Waals surface area contributed by atoms with Crippen LogP contribution in [-0.2, 0) is 6.42 Å². The third-order valence-corrected chi connectivity index (χ3v) is 5.19. The monoisotopic (exact) mass is 329 g/mol. The minimum atomic E-state index is 0.0140. The maximum absolute atomic E-state index is 12.6. The fourth-order valence-electron chi connectivity index (χ4n) is 3.73. The highest BCUT2D eigenvalue weighted by atomic mass is 35.5. The van der Waals surface area contributed by atoms with Crippen LogP contribution in [0.15, 0.2) is 23.0 Å². The number of hydrogen-bond acceptors (Lipinski definition) is 3. The normalized spacial score (nSPS) is 17.8. The molecule has 1 saturated carbocycles. The lowest BCUT2D eigenvalue weighted by Crippen LogP contribution is -2.22. The largest absolute Gasteiger partial charge is 0.384 e. The number of nitrogens with one attached hydrogen (secondary N) is 2. The lowest BCUT2D eigenvalue weighted by molar-refractivity contribution is 0.428. The molecule has 0 saturated heterocycles. The molecule has 4 rings (SSSR count). The predicted molar refractivity (Wildman–Crippen MR) is 93.3 cm³/mol. The molecule has 5 heteroatoms. The third-order valence-electron chi connectivity index (χ3n) is 4.95. The van der Waals surface area contributed by atoms with Crippen LogP contribution in [-0.4, -0.2) is 16.5 Å². The smallest absolute Gasteiger partial charge is 0.254 e. The van der Waals surface area contributed by atoms with Crippen LogP contribution in [0.3, 0.4) is 0 Å². The molecule has 0 spiro atoms. The Kier molecular flexibility index (Phi) is 3.85. The van der Waals surface area contributed by atoms with Crippen LogP contribution in [0.1, 0.15) is 49.4 Å². The van der Waals surface area contributed by atoms with Gasteiger partial charge in [-0.25, -0.2) is 4.98 Å². The van der Waals surface area contributed by atoms with Gasteiger partial charge in [-0.3, -0.25) is 4.79 Å². The molecule has 23 heavy (non-hydrogen) atoms. The Balaban J connectivity index is 1.86. The van der Waals surface area contributed by atoms with E-state index in [1.54, 1.807) is 0 Å². The summed E-state index contributed by atoms with van der Waals surface area (Å²) < 4.78 is 0. The van der Waals surface area contributed by atoms with E-state index in [2.05, 4.69) is 10.3 Å². The van der Waals surface area contributed by atoms with Gasteiger partial charge in [-0.1, -0.05) is 30.9 Å². The SMILES string of the molecule is O=c1[nH]c(C2CCCCC2)nc2c1CCNc1cc(Cl)ccc1-2. The Morgan fingerprint density at radius 2 is 2.00 bits per heavy atom. The van der Waals surface area contributed by atoms with Gasteiger partial charge in [0.05, 0.1) is 5.69 Å². The van der Waals surface area contributed by atoms with Crippen molar-refractivity contribution in [2.75, 3.05) is 11.9 Å². The average Bonchev–Trinajstić information content (AvgIpc) is 2.75. The first-order chi connectivity index (χ1) is 11.2. The lowest BCUT2D eigenvalue weighted by atomic mass is 9.88. The van der Waals surface area contributed by atoms with Crippen molar-refractivity contribution in [1.29, 1.82) is 0 Å². The molecule has 1 aromatic heterocycles. The summed E-state index contributed by atoms with van der Waals surface area (Å²) in [5.74, 6) is 1.24. The van der Waals surface area contributed by atoms with Gasteiger partial charge in [-0.05, 0) is 37.5 Å². The molecule has 2 aromatic rings. The topological polar surface area (TPSA) is 57.8 Å². The van der Waals surface area contributed by atoms with E-state index in [-0.39, 0.29) is 5.56 Å². The summed E-state index contributed by atoms with van der Waals surface area (Å²) in [7, 11) is 0. The Bertz CT molecular complexity index is 793. The maximum Gasteiger partial charge on any atom is 0.254 e. The first kappa shape index (κ1) is 14.8. The average molecular weight is 330 g/mol. The molecular formula is C18H20ClN3O. The number of anilines is 1. The Labute approximate surface area is 140 Å². The molecule has 0 atom stereocenters. The zero-order chi connectivity index (χ0) is 15.8. The van der Waals surface area contributed by atoms with Crippen molar-refractivity contribution >= 4 is 17.3 Å². The number of nitrogens with zero attached hydrogens (tertiary/aromatic N) is 1. The van der Waals surface area contributed by atoms with E-state index in [1.165, 1.54) is 19.3 Å². The summed E-state index contributed by atoms with van der Waals surface area (Å²) in [4.78, 5) is 20.6. The highest BCUT2D eigenvalue weighted by molar-refractivity contribution is 6.31. The number of H-pyrrole nitrogens is 1. The van der Waals surface area contributed by atoms with Gasteiger partial charge < -0.3 is 10.3 Å². The van der Waals surface area contributed by atoms with Crippen LogP contribution in [0, 0.1) is 0 Å². The highest BCUT2D eigenvalue weighted by Gasteiger charge is 2.23. The standard InChI is InChI=1S/C18H20ClN3O/c19-12-6-7-13-15(10-12)20-9-8-14-16(13)21-17(22-18(14)23)11-4-2-1-3-5-11/h6-7,10-11,20H,1-5,8-9H2,(H,21,22,23). The zero-order valence-electron chi connectivity index (χ0n) is 13.0. The Morgan fingerprint density at radius 3 is 2.83 bits per heavy atom. The van der Waals surface area contributed by atoms with Gasteiger partial charge in [0.1, 0.15) is 5.82 Å². The summed E-state index contributed by atoms with van der Waals surface area (Å²) in [5.41, 5.74) is 3.55. The molecule has 1 aliphatic carbocycles. The van der Waals surface area contributed by atoms with Gasteiger partial charge in [-0.2, -0.15) is 0 Å². The molecule has 1 aliphatic heterocycles. The highest BCUT2D eigenvalue weighted by Crippen LogP contribution is 2.35. The van der Waals surface area contributed by atoms with Crippen LogP contribution < -0.4 is 10.9 Å². The second-order valence-corrected chi connectivity index (χ2v) is 6.92. The summed E-state index contributed by atoms with van der Waals surface area (Å²) in [6.07, 6.45) is 6.64. The molecule has 0 amide bonds. The van der Waals surface area contributed by atoms with Crippen LogP contribution in [0.5, 0.6) is 0 Å². The van der Waals surface area contributed by atoms with Crippen LogP contribution in [0.4, 0.5) is 5.69 Å². The molecule has 2 heterocycles. The molecule has 4 nitrogen and oxygen atoms in total. The minimum Gasteiger partial charge on any atom is -0.384 e. The molecule has 2 N–H and O–H groups in total. The van der Waals surface area contributed by atoms with Gasteiger partial charge in [-0.15, -0.1) is 0 Å². The summed E-state index contributed by atoms with van der Waals surface area (Å²) in [6, 6.07) is 5.74. The first-order valence-corrected chi connectivity index (χ1v) is 8.77. The van der Waals surface area contributed by atoms with E-state index < -0.39 is 0 Å². The van der Waals surface area contributed by atoms with E-state index in [0.717, 1.165) is 41.2 Å². The molecule has 1 fully saturated rings. The second kappa shape index (κ2) is 6.00. The first-order valence-electron chi connectivity index (χ1n) is 8.39. The van der Waals surface area contributed by atoms with Gasteiger partial charge in [0.25, 0.3) is 5.56 Å². The van der Waals surface area contributed by atoms with Crippen LogP contribution >= 0.6 is 11.6 Å². The van der Waals surface area contributed by atoms with E-state index in [1.807, 2.05) is 18.2 Å². The van der Waals surface area contributed by atoms with Crippen molar-refractivity contribution in [3.05, 3.63) is 45.0 Å². The Hall–Kier alpha value is -1.81. The predicted octanol–water partition coefficient (Wildman–Crippen LogP) is 4.11. The summed E-state index contributed by atoms with van der Waals surface area (Å²) in [5, 5.41) is 4.05. The molecule has 0 unspecified atom stereocenters. The van der Waals surface area contributed by atoms with Crippen molar-refractivity contribution in [3.63, 3.8) is 0 Å². The second-order valence-electron chi connectivity index (χ2n) is 6.48. The van der Waals surface area contributed by atoms with Crippen molar-refractivity contribution in [3.8, 4) is 11.3 Å². The quantitative estimate of drug-likeness (QED) is 0.828. The molecule has 1 aromatic carbocycles. The number of aromatic amines is 1. The number of benzene rings is 1. The molecule has 2 aliphatic rings. The third kappa shape index (κ3) is 2.76. The van der Waals surface area contributed by atoms with Gasteiger partial charge >= 0.3 is 0 Å². The number of halogens is 1. The maximum atomic E-state index is 12.6. The van der Waals surface area contributed by atoms with Crippen LogP contribution in [0.25, 0.3) is 11.3 Å². The van der Waals surface area contributed by atoms with Crippen molar-refractivity contribution in [1.82, 2.24) is 9.97 Å². The summed E-state index contributed by atoms with van der Waals surface area (Å²) >= 11 is 6.11. The number of hydrogen-bond donors (Lipinski definition) is 2. The van der Waals surface area contributed by atoms with E-state index in [4.69, 9.17) is 16.6 Å². The van der Waals surface area contributed by atoms with E-state index >= 15 is 0 Å². The van der Waals surface area contributed by atoms with Crippen molar-refractivity contribution in [2.45, 2.75) is 44.4 Å². The number of rotatable bonds is 1. The van der Waals surface area contributed by atoms with Crippen molar-refractivity contribution in [2.24, 2.45) is 0 Å². The fourth-order valence-corrected chi connectivity index (χ4v) is 3.90. The van der Waals surface area contributed by atoms with Crippen molar-refractivity contribution < 1.29 is 0 Å². The molecule has 0 bridgehead atoms. The van der Waals surface area contributed by atoms with Gasteiger partial charge in [0, 0.05) is 34.3 Å². The number of aromatic nitrogens is 2. The Morgan fingerprint density at radius 1 is 1.17 bits per heavy atom. The summed E-state index contributed by atoms with van der Waals surface area (Å²) in [6.45, 7) is 0.716. The molecule has 0 radical (unpaired) electrons. The fraction of sp³-hybridized carbons (Fsp3) is 0.444. The van der Waals surface area contributed by atoms with E-state index in [0.29, 0.717) is 23.9 Å². The van der Waals surface area contributed by atoms with Crippen LogP contribution in [0.2, 0.25) is 5.02 Å². The molecular weight excluding hydrogens is 310 g/mol. The van der Waals surface area contributed by atoms with Gasteiger partial charge in [0.2, 0.25) is 0 Å².